The summed E-state index contributed by atoms with van der Waals surface area (Å²) >= 11 is 0. The Hall–Kier alpha value is -1.55. The van der Waals surface area contributed by atoms with E-state index in [-0.39, 0.29) is 0 Å². The van der Waals surface area contributed by atoms with Gasteiger partial charge in [-0.25, -0.2) is 4.79 Å². The average Bonchev–Trinajstić information content (AvgIpc) is 2.40. The molecule has 1 atom stereocenters. The smallest absolute Gasteiger partial charge is 0.407 e. The number of piperidine rings is 1. The molecule has 0 spiro atoms. The van der Waals surface area contributed by atoms with E-state index in [9.17, 15) is 4.79 Å². The number of nitrogens with zero attached hydrogens (tertiary/aromatic N) is 1. The second kappa shape index (κ2) is 6.40. The molecule has 18 heavy (non-hydrogen) atoms. The van der Waals surface area contributed by atoms with Crippen molar-refractivity contribution in [2.24, 2.45) is 5.92 Å². The molecule has 1 saturated heterocycles. The second-order valence-electron chi connectivity index (χ2n) is 4.74. The van der Waals surface area contributed by atoms with E-state index in [1.54, 1.807) is 0 Å². The van der Waals surface area contributed by atoms with Crippen LogP contribution in [0.2, 0.25) is 0 Å². The normalized spacial score (nSPS) is 19.8. The predicted molar refractivity (Wildman–Crippen MR) is 68.4 cm³/mol. The van der Waals surface area contributed by atoms with Gasteiger partial charge in [0.05, 0.1) is 13.2 Å². The molecule has 0 saturated carbocycles. The molecule has 0 bridgehead atoms. The van der Waals surface area contributed by atoms with E-state index >= 15 is 0 Å². The van der Waals surface area contributed by atoms with Gasteiger partial charge in [0.2, 0.25) is 0 Å². The van der Waals surface area contributed by atoms with E-state index in [4.69, 9.17) is 9.84 Å². The summed E-state index contributed by atoms with van der Waals surface area (Å²) in [6.07, 6.45) is 1.17. The SMILES string of the molecule is O=C(O)N1CCCC(COCc2ccccc2)C1. The Kier molecular flexibility index (Phi) is 4.59. The van der Waals surface area contributed by atoms with E-state index < -0.39 is 6.09 Å². The molecule has 98 valence electrons. The second-order valence-corrected chi connectivity index (χ2v) is 4.74. The number of hydrogen-bond donors (Lipinski definition) is 1. The van der Waals surface area contributed by atoms with Crippen LogP contribution < -0.4 is 0 Å². The number of amides is 1. The van der Waals surface area contributed by atoms with Gasteiger partial charge in [-0.3, -0.25) is 0 Å². The fourth-order valence-corrected chi connectivity index (χ4v) is 2.29. The van der Waals surface area contributed by atoms with Gasteiger partial charge < -0.3 is 14.7 Å². The molecule has 1 heterocycles. The zero-order valence-electron chi connectivity index (χ0n) is 10.4. The highest BCUT2D eigenvalue weighted by molar-refractivity contribution is 5.65. The summed E-state index contributed by atoms with van der Waals surface area (Å²) in [5, 5.41) is 8.94. The van der Waals surface area contributed by atoms with Crippen LogP contribution in [0.25, 0.3) is 0 Å². The summed E-state index contributed by atoms with van der Waals surface area (Å²) in [6, 6.07) is 10.0. The number of carboxylic acid groups (broad SMARTS) is 1. The van der Waals surface area contributed by atoms with Crippen molar-refractivity contribution in [1.29, 1.82) is 0 Å². The number of likely N-dealkylation sites (tertiary alicyclic amines) is 1. The maximum absolute atomic E-state index is 10.9. The van der Waals surface area contributed by atoms with E-state index in [0.29, 0.717) is 32.2 Å². The van der Waals surface area contributed by atoms with Gasteiger partial charge in [0.1, 0.15) is 0 Å². The highest BCUT2D eigenvalue weighted by Crippen LogP contribution is 2.17. The van der Waals surface area contributed by atoms with Crippen LogP contribution in [-0.4, -0.2) is 35.8 Å². The van der Waals surface area contributed by atoms with Gasteiger partial charge in [-0.2, -0.15) is 0 Å². The van der Waals surface area contributed by atoms with Crippen LogP contribution in [0, 0.1) is 5.92 Å². The number of carbonyl (C=O) groups is 1. The molecule has 0 radical (unpaired) electrons. The van der Waals surface area contributed by atoms with Crippen molar-refractivity contribution in [1.82, 2.24) is 4.90 Å². The highest BCUT2D eigenvalue weighted by atomic mass is 16.5. The van der Waals surface area contributed by atoms with Crippen molar-refractivity contribution in [3.8, 4) is 0 Å². The summed E-state index contributed by atoms with van der Waals surface area (Å²) in [5.74, 6) is 0.332. The Balaban J connectivity index is 1.72. The van der Waals surface area contributed by atoms with Gasteiger partial charge in [0, 0.05) is 19.0 Å². The fraction of sp³-hybridized carbons (Fsp3) is 0.500. The molecule has 4 heteroatoms. The number of hydrogen-bond acceptors (Lipinski definition) is 2. The summed E-state index contributed by atoms with van der Waals surface area (Å²) in [5.41, 5.74) is 1.16. The van der Waals surface area contributed by atoms with Gasteiger partial charge >= 0.3 is 6.09 Å². The van der Waals surface area contributed by atoms with Crippen molar-refractivity contribution in [2.45, 2.75) is 19.4 Å². The zero-order chi connectivity index (χ0) is 12.8. The lowest BCUT2D eigenvalue weighted by atomic mass is 9.99. The molecule has 4 nitrogen and oxygen atoms in total. The Morgan fingerprint density at radius 2 is 2.17 bits per heavy atom. The Morgan fingerprint density at radius 3 is 2.89 bits per heavy atom. The van der Waals surface area contributed by atoms with Crippen LogP contribution in [0.4, 0.5) is 4.79 Å². The summed E-state index contributed by atoms with van der Waals surface area (Å²) in [4.78, 5) is 12.4. The molecule has 2 rings (SSSR count). The molecule has 0 aromatic heterocycles. The van der Waals surface area contributed by atoms with Crippen LogP contribution >= 0.6 is 0 Å². The first kappa shape index (κ1) is 12.9. The van der Waals surface area contributed by atoms with E-state index in [1.807, 2.05) is 30.3 Å². The van der Waals surface area contributed by atoms with Crippen molar-refractivity contribution < 1.29 is 14.6 Å². The number of benzene rings is 1. The third-order valence-electron chi connectivity index (χ3n) is 3.25. The van der Waals surface area contributed by atoms with Crippen molar-refractivity contribution >= 4 is 6.09 Å². The average molecular weight is 249 g/mol. The molecule has 1 fully saturated rings. The summed E-state index contributed by atoms with van der Waals surface area (Å²) in [7, 11) is 0. The first-order chi connectivity index (χ1) is 8.75. The maximum Gasteiger partial charge on any atom is 0.407 e. The molecule has 1 aliphatic rings. The third-order valence-corrected chi connectivity index (χ3v) is 3.25. The predicted octanol–water partition coefficient (Wildman–Crippen LogP) is 2.59. The Labute approximate surface area is 107 Å². The molecule has 1 aromatic rings. The minimum Gasteiger partial charge on any atom is -0.465 e. The fourth-order valence-electron chi connectivity index (χ4n) is 2.29. The highest BCUT2D eigenvalue weighted by Gasteiger charge is 2.23. The standard InChI is InChI=1S/C14H19NO3/c16-14(17)15-8-4-7-13(9-15)11-18-10-12-5-2-1-3-6-12/h1-3,5-6,13H,4,7-11H2,(H,16,17). The molecule has 0 aliphatic carbocycles. The molecule has 1 N–H and O–H groups in total. The van der Waals surface area contributed by atoms with Crippen molar-refractivity contribution in [3.63, 3.8) is 0 Å². The molecule has 1 unspecified atom stereocenters. The lowest BCUT2D eigenvalue weighted by molar-refractivity contribution is 0.0514. The largest absolute Gasteiger partial charge is 0.465 e. The van der Waals surface area contributed by atoms with Gasteiger partial charge in [-0.05, 0) is 18.4 Å². The summed E-state index contributed by atoms with van der Waals surface area (Å²) < 4.78 is 5.67. The van der Waals surface area contributed by atoms with E-state index in [0.717, 1.165) is 18.4 Å². The van der Waals surface area contributed by atoms with Crippen LogP contribution in [0.3, 0.4) is 0 Å². The Bertz CT molecular complexity index is 380. The number of rotatable bonds is 4. The molecule has 1 aliphatic heterocycles. The van der Waals surface area contributed by atoms with Crippen molar-refractivity contribution in [3.05, 3.63) is 35.9 Å². The lowest BCUT2D eigenvalue weighted by Crippen LogP contribution is -2.40. The van der Waals surface area contributed by atoms with Crippen LogP contribution in [0.1, 0.15) is 18.4 Å². The van der Waals surface area contributed by atoms with Crippen LogP contribution in [0.15, 0.2) is 30.3 Å². The molecular weight excluding hydrogens is 230 g/mol. The molecule has 1 aromatic carbocycles. The minimum absolute atomic E-state index is 0.332. The molecule has 1 amide bonds. The van der Waals surface area contributed by atoms with Gasteiger partial charge in [-0.1, -0.05) is 30.3 Å². The molecular formula is C14H19NO3. The first-order valence-electron chi connectivity index (χ1n) is 6.35. The van der Waals surface area contributed by atoms with Crippen LogP contribution in [0.5, 0.6) is 0 Å². The van der Waals surface area contributed by atoms with E-state index in [1.165, 1.54) is 4.90 Å². The van der Waals surface area contributed by atoms with E-state index in [2.05, 4.69) is 0 Å². The van der Waals surface area contributed by atoms with Gasteiger partial charge in [0.15, 0.2) is 0 Å². The number of ether oxygens (including phenoxy) is 1. The Morgan fingerprint density at radius 1 is 1.39 bits per heavy atom. The summed E-state index contributed by atoms with van der Waals surface area (Å²) in [6.45, 7) is 2.50. The quantitative estimate of drug-likeness (QED) is 0.892. The minimum atomic E-state index is -0.817. The zero-order valence-corrected chi connectivity index (χ0v) is 10.4. The van der Waals surface area contributed by atoms with Gasteiger partial charge in [-0.15, -0.1) is 0 Å². The maximum atomic E-state index is 10.9. The van der Waals surface area contributed by atoms with Crippen molar-refractivity contribution in [2.75, 3.05) is 19.7 Å². The van der Waals surface area contributed by atoms with Gasteiger partial charge in [0.25, 0.3) is 0 Å². The first-order valence-corrected chi connectivity index (χ1v) is 6.35. The third kappa shape index (κ3) is 3.74. The van der Waals surface area contributed by atoms with Crippen LogP contribution in [-0.2, 0) is 11.3 Å². The topological polar surface area (TPSA) is 49.8 Å². The lowest BCUT2D eigenvalue weighted by Gasteiger charge is -2.30. The monoisotopic (exact) mass is 249 g/mol.